The topological polar surface area (TPSA) is 48.2 Å². The van der Waals surface area contributed by atoms with Gasteiger partial charge in [0.1, 0.15) is 10.0 Å². The summed E-state index contributed by atoms with van der Waals surface area (Å²) in [6.07, 6.45) is 1.21. The molecule has 1 aromatic carbocycles. The van der Waals surface area contributed by atoms with Crippen LogP contribution in [0.25, 0.3) is 4.72 Å². The van der Waals surface area contributed by atoms with E-state index in [2.05, 4.69) is 4.72 Å². The molecule has 0 aliphatic heterocycles. The van der Waals surface area contributed by atoms with Crippen molar-refractivity contribution in [3.63, 3.8) is 0 Å². The molecule has 1 atom stereocenters. The fraction of sp³-hybridized carbons (Fsp3) is 0.333. The zero-order chi connectivity index (χ0) is 15.5. The second-order valence-electron chi connectivity index (χ2n) is 4.85. The van der Waals surface area contributed by atoms with Crippen molar-refractivity contribution in [3.8, 4) is 0 Å². The van der Waals surface area contributed by atoms with Gasteiger partial charge in [0.25, 0.3) is 0 Å². The van der Waals surface area contributed by atoms with Gasteiger partial charge >= 0.3 is 18.9 Å². The number of rotatable bonds is 6. The van der Waals surface area contributed by atoms with Gasteiger partial charge in [-0.15, -0.1) is 17.4 Å². The number of aryl methyl sites for hydroxylation is 1. The Bertz CT molecular complexity index is 699. The Morgan fingerprint density at radius 3 is 2.36 bits per heavy atom. The van der Waals surface area contributed by atoms with E-state index in [4.69, 9.17) is 11.6 Å². The first-order valence-electron chi connectivity index (χ1n) is 6.68. The molecule has 2 rings (SSSR count). The van der Waals surface area contributed by atoms with E-state index in [1.165, 1.54) is 11.3 Å². The summed E-state index contributed by atoms with van der Waals surface area (Å²) in [7, 11) is -3.62. The van der Waals surface area contributed by atoms with Crippen molar-refractivity contribution in [1.29, 1.82) is 0 Å². The Morgan fingerprint density at radius 2 is 1.86 bits per heavy atom. The van der Waals surface area contributed by atoms with Crippen LogP contribution in [-0.2, 0) is 16.4 Å². The maximum atomic E-state index is 12.3. The van der Waals surface area contributed by atoms with E-state index in [9.17, 15) is 8.42 Å². The predicted molar refractivity (Wildman–Crippen MR) is 88.8 cm³/mol. The first kappa shape index (κ1) is 19.8. The van der Waals surface area contributed by atoms with Gasteiger partial charge in [-0.3, -0.25) is 0 Å². The van der Waals surface area contributed by atoms with Crippen molar-refractivity contribution >= 4 is 33.0 Å². The van der Waals surface area contributed by atoms with Gasteiger partial charge in [0.15, 0.2) is 0 Å². The molecule has 0 spiro atoms. The molecule has 7 heteroatoms. The van der Waals surface area contributed by atoms with Gasteiger partial charge in [0.2, 0.25) is 0 Å². The number of halogens is 1. The van der Waals surface area contributed by atoms with Crippen LogP contribution in [0.4, 0.5) is 0 Å². The third-order valence-corrected chi connectivity index (χ3v) is 6.04. The molecule has 0 aliphatic rings. The zero-order valence-electron chi connectivity index (χ0n) is 12.9. The summed E-state index contributed by atoms with van der Waals surface area (Å²) in [6.45, 7) is 3.85. The largest absolute Gasteiger partial charge is 1.00 e. The molecular formula is C15H17ClLiNO2S2. The summed E-state index contributed by atoms with van der Waals surface area (Å²) in [6, 6.07) is 8.28. The van der Waals surface area contributed by atoms with Crippen LogP contribution in [0, 0.1) is 6.92 Å². The number of hydrogen-bond acceptors (Lipinski definition) is 3. The number of sulfonamides is 1. The molecule has 0 N–H and O–H groups in total. The molecule has 0 bridgehead atoms. The molecule has 22 heavy (non-hydrogen) atoms. The van der Waals surface area contributed by atoms with Crippen LogP contribution in [0.3, 0.4) is 0 Å². The van der Waals surface area contributed by atoms with Gasteiger partial charge in [0, 0.05) is 9.77 Å². The SMILES string of the molecule is CC[C@H](Cc1sccc1Cl)[N-]S(=O)(=O)c1ccc(C)cc1.[Li+]. The molecule has 0 saturated heterocycles. The van der Waals surface area contributed by atoms with E-state index in [1.807, 2.05) is 25.3 Å². The molecule has 0 unspecified atom stereocenters. The molecule has 2 aromatic rings. The molecular weight excluding hydrogens is 333 g/mol. The molecule has 3 nitrogen and oxygen atoms in total. The van der Waals surface area contributed by atoms with Crippen molar-refractivity contribution in [2.45, 2.75) is 37.6 Å². The van der Waals surface area contributed by atoms with E-state index in [-0.39, 0.29) is 29.8 Å². The molecule has 0 saturated carbocycles. The molecule has 0 radical (unpaired) electrons. The first-order chi connectivity index (χ1) is 9.92. The Morgan fingerprint density at radius 1 is 1.23 bits per heavy atom. The van der Waals surface area contributed by atoms with Crippen molar-refractivity contribution < 1.29 is 27.3 Å². The third-order valence-electron chi connectivity index (χ3n) is 3.19. The summed E-state index contributed by atoms with van der Waals surface area (Å²) in [5.74, 6) is 0. The molecule has 0 amide bonds. The predicted octanol–water partition coefficient (Wildman–Crippen LogP) is 1.80. The Labute approximate surface area is 153 Å². The Balaban J connectivity index is 0.00000242. The minimum Gasteiger partial charge on any atom is -0.542 e. The molecule has 1 aromatic heterocycles. The molecule has 1 heterocycles. The quantitative estimate of drug-likeness (QED) is 0.747. The van der Waals surface area contributed by atoms with Crippen LogP contribution in [0.15, 0.2) is 40.6 Å². The fourth-order valence-electron chi connectivity index (χ4n) is 1.91. The van der Waals surface area contributed by atoms with Crippen molar-refractivity contribution in [1.82, 2.24) is 0 Å². The van der Waals surface area contributed by atoms with E-state index in [0.29, 0.717) is 17.9 Å². The summed E-state index contributed by atoms with van der Waals surface area (Å²) < 4.78 is 28.7. The van der Waals surface area contributed by atoms with Gasteiger partial charge in [-0.05, 0) is 36.9 Å². The number of hydrogen-bond donors (Lipinski definition) is 0. The van der Waals surface area contributed by atoms with Gasteiger partial charge in [-0.2, -0.15) is 0 Å². The molecule has 0 fully saturated rings. The third kappa shape index (κ3) is 5.12. The zero-order valence-corrected chi connectivity index (χ0v) is 15.3. The Kier molecular flexibility index (Phi) is 7.67. The summed E-state index contributed by atoms with van der Waals surface area (Å²) >= 11 is 7.60. The fourth-order valence-corrected chi connectivity index (χ4v) is 4.31. The van der Waals surface area contributed by atoms with Gasteiger partial charge in [-0.1, -0.05) is 42.6 Å². The number of benzene rings is 1. The van der Waals surface area contributed by atoms with Crippen LogP contribution < -0.4 is 18.9 Å². The average Bonchev–Trinajstić information content (AvgIpc) is 2.83. The van der Waals surface area contributed by atoms with Crippen LogP contribution in [0.2, 0.25) is 5.02 Å². The molecule has 0 aliphatic carbocycles. The summed E-state index contributed by atoms with van der Waals surface area (Å²) in [4.78, 5) is 1.22. The van der Waals surface area contributed by atoms with Gasteiger partial charge < -0.3 is 4.72 Å². The van der Waals surface area contributed by atoms with Crippen molar-refractivity contribution in [2.24, 2.45) is 0 Å². The molecule has 114 valence electrons. The Hall–Kier alpha value is -0.283. The second-order valence-corrected chi connectivity index (χ2v) is 7.89. The van der Waals surface area contributed by atoms with Gasteiger partial charge in [-0.25, -0.2) is 8.42 Å². The summed E-state index contributed by atoms with van der Waals surface area (Å²) in [5.41, 5.74) is 1.02. The van der Waals surface area contributed by atoms with Crippen molar-refractivity contribution in [3.05, 3.63) is 55.9 Å². The monoisotopic (exact) mass is 349 g/mol. The minimum absolute atomic E-state index is 0. The van der Waals surface area contributed by atoms with Crippen LogP contribution >= 0.6 is 22.9 Å². The van der Waals surface area contributed by atoms with Crippen LogP contribution in [-0.4, -0.2) is 14.5 Å². The maximum absolute atomic E-state index is 12.3. The van der Waals surface area contributed by atoms with Gasteiger partial charge in [0.05, 0.1) is 5.02 Å². The van der Waals surface area contributed by atoms with Crippen molar-refractivity contribution in [2.75, 3.05) is 0 Å². The summed E-state index contributed by atoms with van der Waals surface area (Å²) in [5, 5.41) is 2.58. The standard InChI is InChI=1S/C15H17ClNO2S2.Li/c1-3-12(10-15-14(16)8-9-20-15)17-21(18,19)13-6-4-11(2)5-7-13;/h4-9,12H,3,10H2,1-2H3;/q-1;+1/t12-;/m1./s1. The van der Waals surface area contributed by atoms with E-state index < -0.39 is 10.0 Å². The normalized spacial score (nSPS) is 12.7. The number of nitrogens with zero attached hydrogens (tertiary/aromatic N) is 1. The minimum atomic E-state index is -3.62. The van der Waals surface area contributed by atoms with Crippen LogP contribution in [0.5, 0.6) is 0 Å². The number of thiophene rings is 1. The first-order valence-corrected chi connectivity index (χ1v) is 9.38. The van der Waals surface area contributed by atoms with E-state index in [0.717, 1.165) is 10.4 Å². The van der Waals surface area contributed by atoms with Crippen LogP contribution in [0.1, 0.15) is 23.8 Å². The second kappa shape index (κ2) is 8.54. The van der Waals surface area contributed by atoms with E-state index in [1.54, 1.807) is 24.3 Å². The van der Waals surface area contributed by atoms with E-state index >= 15 is 0 Å². The maximum Gasteiger partial charge on any atom is 1.00 e. The smallest absolute Gasteiger partial charge is 0.542 e. The average molecular weight is 350 g/mol.